The number of para-hydroxylation sites is 1. The van der Waals surface area contributed by atoms with Gasteiger partial charge in [0.25, 0.3) is 0 Å². The van der Waals surface area contributed by atoms with Crippen LogP contribution in [0.3, 0.4) is 0 Å². The first-order valence-corrected chi connectivity index (χ1v) is 9.19. The van der Waals surface area contributed by atoms with Crippen molar-refractivity contribution in [3.63, 3.8) is 0 Å². The van der Waals surface area contributed by atoms with E-state index in [-0.39, 0.29) is 5.75 Å². The summed E-state index contributed by atoms with van der Waals surface area (Å²) in [5.41, 5.74) is 1.70. The van der Waals surface area contributed by atoms with E-state index >= 15 is 0 Å². The lowest BCUT2D eigenvalue weighted by Gasteiger charge is -2.25. The first-order chi connectivity index (χ1) is 10.5. The Balaban J connectivity index is 2.29. The molecule has 0 unspecified atom stereocenters. The molecule has 0 aliphatic heterocycles. The van der Waals surface area contributed by atoms with Crippen LogP contribution in [0.15, 0.2) is 60.7 Å². The second-order valence-corrected chi connectivity index (χ2v) is 7.84. The largest absolute Gasteiger partial charge is 0.266 e. The zero-order chi connectivity index (χ0) is 16.0. The fraction of sp³-hybridized carbons (Fsp3) is 0.333. The number of rotatable bonds is 7. The molecular weight excluding hydrogens is 294 g/mol. The van der Waals surface area contributed by atoms with Crippen LogP contribution in [0, 0.1) is 5.92 Å². The number of sulfonamides is 1. The molecule has 2 aromatic carbocycles. The highest BCUT2D eigenvalue weighted by Gasteiger charge is 2.22. The van der Waals surface area contributed by atoms with Crippen LogP contribution in [-0.2, 0) is 16.6 Å². The monoisotopic (exact) mass is 317 g/mol. The summed E-state index contributed by atoms with van der Waals surface area (Å²) < 4.78 is 27.1. The van der Waals surface area contributed by atoms with Gasteiger partial charge in [0.15, 0.2) is 0 Å². The Hall–Kier alpha value is -1.81. The van der Waals surface area contributed by atoms with Crippen molar-refractivity contribution in [1.82, 2.24) is 0 Å². The van der Waals surface area contributed by atoms with Gasteiger partial charge in [-0.1, -0.05) is 62.4 Å². The summed E-state index contributed by atoms with van der Waals surface area (Å²) >= 11 is 0. The summed E-state index contributed by atoms with van der Waals surface area (Å²) in [4.78, 5) is 0. The summed E-state index contributed by atoms with van der Waals surface area (Å²) in [5.74, 6) is 0.538. The van der Waals surface area contributed by atoms with Gasteiger partial charge in [-0.25, -0.2) is 8.42 Å². The van der Waals surface area contributed by atoms with Crippen molar-refractivity contribution in [2.75, 3.05) is 10.1 Å². The maximum Gasteiger partial charge on any atom is 0.235 e. The van der Waals surface area contributed by atoms with Crippen molar-refractivity contribution >= 4 is 15.7 Å². The van der Waals surface area contributed by atoms with Crippen LogP contribution in [0.1, 0.15) is 25.8 Å². The molecule has 0 saturated heterocycles. The third kappa shape index (κ3) is 4.60. The first kappa shape index (κ1) is 16.6. The minimum atomic E-state index is -3.34. The van der Waals surface area contributed by atoms with E-state index in [0.29, 0.717) is 18.9 Å². The molecule has 0 aliphatic rings. The van der Waals surface area contributed by atoms with Crippen LogP contribution in [-0.4, -0.2) is 14.2 Å². The van der Waals surface area contributed by atoms with Gasteiger partial charge in [-0.3, -0.25) is 4.31 Å². The van der Waals surface area contributed by atoms with E-state index in [4.69, 9.17) is 0 Å². The van der Waals surface area contributed by atoms with E-state index in [1.165, 1.54) is 4.31 Å². The molecule has 0 bridgehead atoms. The Labute approximate surface area is 133 Å². The number of hydrogen-bond acceptors (Lipinski definition) is 2. The van der Waals surface area contributed by atoms with Gasteiger partial charge in [0, 0.05) is 0 Å². The number of benzene rings is 2. The van der Waals surface area contributed by atoms with Crippen LogP contribution in [0.25, 0.3) is 0 Å². The topological polar surface area (TPSA) is 37.4 Å². The molecule has 0 amide bonds. The molecular formula is C18H23NO2S. The third-order valence-electron chi connectivity index (χ3n) is 3.50. The number of hydrogen-bond donors (Lipinski definition) is 0. The Morgan fingerprint density at radius 2 is 1.45 bits per heavy atom. The SMILES string of the molecule is CC(C)CCS(=O)(=O)N(Cc1ccccc1)c1ccccc1. The molecule has 0 N–H and O–H groups in total. The minimum Gasteiger partial charge on any atom is -0.266 e. The Morgan fingerprint density at radius 1 is 0.909 bits per heavy atom. The molecule has 0 spiro atoms. The summed E-state index contributed by atoms with van der Waals surface area (Å²) in [5, 5.41) is 0. The molecule has 2 aromatic rings. The van der Waals surface area contributed by atoms with Gasteiger partial charge in [0.05, 0.1) is 18.0 Å². The highest BCUT2D eigenvalue weighted by molar-refractivity contribution is 7.92. The Morgan fingerprint density at radius 3 is 2.00 bits per heavy atom. The van der Waals surface area contributed by atoms with E-state index in [0.717, 1.165) is 11.3 Å². The van der Waals surface area contributed by atoms with Crippen molar-refractivity contribution in [2.45, 2.75) is 26.8 Å². The average Bonchev–Trinajstić information content (AvgIpc) is 2.52. The van der Waals surface area contributed by atoms with Gasteiger partial charge in [-0.05, 0) is 30.0 Å². The van der Waals surface area contributed by atoms with Crippen LogP contribution in [0.5, 0.6) is 0 Å². The molecule has 0 heterocycles. The van der Waals surface area contributed by atoms with Crippen molar-refractivity contribution in [2.24, 2.45) is 5.92 Å². The van der Waals surface area contributed by atoms with Crippen molar-refractivity contribution in [3.05, 3.63) is 66.2 Å². The molecule has 0 atom stereocenters. The smallest absolute Gasteiger partial charge is 0.235 e. The summed E-state index contributed by atoms with van der Waals surface area (Å²) in [6, 6.07) is 19.0. The quantitative estimate of drug-likeness (QED) is 0.772. The molecule has 0 saturated carbocycles. The van der Waals surface area contributed by atoms with E-state index in [2.05, 4.69) is 0 Å². The van der Waals surface area contributed by atoms with Gasteiger partial charge < -0.3 is 0 Å². The summed E-state index contributed by atoms with van der Waals surface area (Å²) in [6.07, 6.45) is 0.667. The van der Waals surface area contributed by atoms with E-state index in [9.17, 15) is 8.42 Å². The van der Waals surface area contributed by atoms with Crippen molar-refractivity contribution < 1.29 is 8.42 Å². The summed E-state index contributed by atoms with van der Waals surface area (Å²) in [7, 11) is -3.34. The van der Waals surface area contributed by atoms with Gasteiger partial charge in [0.1, 0.15) is 0 Å². The van der Waals surface area contributed by atoms with Crippen molar-refractivity contribution in [1.29, 1.82) is 0 Å². The molecule has 0 aromatic heterocycles. The van der Waals surface area contributed by atoms with Crippen LogP contribution in [0.4, 0.5) is 5.69 Å². The van der Waals surface area contributed by atoms with Gasteiger partial charge >= 0.3 is 0 Å². The minimum absolute atomic E-state index is 0.173. The normalized spacial score (nSPS) is 11.6. The van der Waals surface area contributed by atoms with Crippen LogP contribution >= 0.6 is 0 Å². The molecule has 3 nitrogen and oxygen atoms in total. The van der Waals surface area contributed by atoms with E-state index in [1.807, 2.05) is 74.5 Å². The Kier molecular flexibility index (Phi) is 5.61. The predicted molar refractivity (Wildman–Crippen MR) is 92.3 cm³/mol. The fourth-order valence-corrected chi connectivity index (χ4v) is 3.97. The van der Waals surface area contributed by atoms with Crippen LogP contribution < -0.4 is 4.31 Å². The highest BCUT2D eigenvalue weighted by atomic mass is 32.2. The zero-order valence-corrected chi connectivity index (χ0v) is 14.0. The van der Waals surface area contributed by atoms with E-state index in [1.54, 1.807) is 0 Å². The van der Waals surface area contributed by atoms with Gasteiger partial charge in [-0.2, -0.15) is 0 Å². The van der Waals surface area contributed by atoms with Crippen molar-refractivity contribution in [3.8, 4) is 0 Å². The lowest BCUT2D eigenvalue weighted by atomic mass is 10.2. The lowest BCUT2D eigenvalue weighted by molar-refractivity contribution is 0.569. The summed E-state index contributed by atoms with van der Waals surface area (Å²) in [6.45, 7) is 4.45. The maximum atomic E-state index is 12.8. The second-order valence-electron chi connectivity index (χ2n) is 5.83. The predicted octanol–water partition coefficient (Wildman–Crippen LogP) is 4.07. The standard InChI is InChI=1S/C18H23NO2S/c1-16(2)13-14-22(20,21)19(18-11-7-4-8-12-18)15-17-9-5-3-6-10-17/h3-12,16H,13-15H2,1-2H3. The third-order valence-corrected chi connectivity index (χ3v) is 5.27. The molecule has 2 rings (SSSR count). The number of anilines is 1. The number of nitrogens with zero attached hydrogens (tertiary/aromatic N) is 1. The molecule has 22 heavy (non-hydrogen) atoms. The van der Waals surface area contributed by atoms with Crippen LogP contribution in [0.2, 0.25) is 0 Å². The zero-order valence-electron chi connectivity index (χ0n) is 13.1. The van der Waals surface area contributed by atoms with Gasteiger partial charge in [-0.15, -0.1) is 0 Å². The van der Waals surface area contributed by atoms with Gasteiger partial charge in [0.2, 0.25) is 10.0 Å². The molecule has 0 aliphatic carbocycles. The maximum absolute atomic E-state index is 12.8. The Bertz CT molecular complexity index is 667. The molecule has 4 heteroatoms. The highest BCUT2D eigenvalue weighted by Crippen LogP contribution is 2.22. The average molecular weight is 317 g/mol. The molecule has 118 valence electrons. The fourth-order valence-electron chi connectivity index (χ4n) is 2.19. The molecule has 0 radical (unpaired) electrons. The molecule has 0 fully saturated rings. The second kappa shape index (κ2) is 7.45. The van der Waals surface area contributed by atoms with E-state index < -0.39 is 10.0 Å². The first-order valence-electron chi connectivity index (χ1n) is 7.58. The lowest BCUT2D eigenvalue weighted by Crippen LogP contribution is -2.33.